The van der Waals surface area contributed by atoms with Crippen molar-refractivity contribution in [1.29, 1.82) is 0 Å². The molecular weight excluding hydrogens is 378 g/mol. The third-order valence-electron chi connectivity index (χ3n) is 5.28. The Morgan fingerprint density at radius 3 is 2.50 bits per heavy atom. The summed E-state index contributed by atoms with van der Waals surface area (Å²) >= 11 is 0. The Morgan fingerprint density at radius 2 is 1.93 bits per heavy atom. The molecule has 1 aromatic heterocycles. The number of ether oxygens (including phenoxy) is 1. The van der Waals surface area contributed by atoms with Crippen molar-refractivity contribution in [2.45, 2.75) is 39.4 Å². The van der Waals surface area contributed by atoms with Crippen LogP contribution in [0.1, 0.15) is 45.3 Å². The van der Waals surface area contributed by atoms with Crippen molar-refractivity contribution in [2.24, 2.45) is 0 Å². The molecule has 1 atom stereocenters. The smallest absolute Gasteiger partial charge is 0.337 e. The lowest BCUT2D eigenvalue weighted by Crippen LogP contribution is -2.19. The number of carbonyl (C=O) groups excluding carboxylic acids is 1. The lowest BCUT2D eigenvalue weighted by molar-refractivity contribution is 0.0600. The van der Waals surface area contributed by atoms with Crippen molar-refractivity contribution >= 4 is 15.8 Å². The molecular formula is C20H27N3O4S. The van der Waals surface area contributed by atoms with Crippen LogP contribution >= 0.6 is 0 Å². The number of hydrogen-bond donors (Lipinski definition) is 0. The molecule has 7 nitrogen and oxygen atoms in total. The fraction of sp³-hybridized carbons (Fsp3) is 0.500. The summed E-state index contributed by atoms with van der Waals surface area (Å²) in [6, 6.07) is 7.33. The first kappa shape index (κ1) is 20.5. The first-order valence-electron chi connectivity index (χ1n) is 9.31. The van der Waals surface area contributed by atoms with E-state index in [1.165, 1.54) is 7.11 Å². The zero-order chi connectivity index (χ0) is 20.5. The Kier molecular flexibility index (Phi) is 5.90. The second kappa shape index (κ2) is 8.05. The predicted molar refractivity (Wildman–Crippen MR) is 107 cm³/mol. The van der Waals surface area contributed by atoms with Gasteiger partial charge in [0, 0.05) is 24.3 Å². The fourth-order valence-electron chi connectivity index (χ4n) is 3.75. The van der Waals surface area contributed by atoms with Gasteiger partial charge in [-0.2, -0.15) is 5.10 Å². The monoisotopic (exact) mass is 405 g/mol. The molecule has 2 heterocycles. The molecule has 1 aromatic carbocycles. The summed E-state index contributed by atoms with van der Waals surface area (Å²) < 4.78 is 30.2. The van der Waals surface area contributed by atoms with Crippen LogP contribution in [0, 0.1) is 13.8 Å². The molecule has 8 heteroatoms. The molecule has 0 aliphatic carbocycles. The van der Waals surface area contributed by atoms with Crippen LogP contribution in [0.15, 0.2) is 24.3 Å². The summed E-state index contributed by atoms with van der Waals surface area (Å²) in [7, 11) is 0.460. The standard InChI is InChI=1S/C20H27N3O4S/c1-14-19(15(2)23(21-14)18-9-10-28(25,26)13-18)12-22(3)11-16-5-7-17(8-6-16)20(24)27-4/h5-8,18H,9-13H2,1-4H3/t18-/m1/s1. The number of carbonyl (C=O) groups is 1. The maximum Gasteiger partial charge on any atom is 0.337 e. The fourth-order valence-corrected chi connectivity index (χ4v) is 5.44. The second-order valence-corrected chi connectivity index (χ2v) is 9.74. The van der Waals surface area contributed by atoms with E-state index in [1.54, 1.807) is 12.1 Å². The van der Waals surface area contributed by atoms with Crippen LogP contribution in [-0.4, -0.2) is 54.7 Å². The van der Waals surface area contributed by atoms with Crippen molar-refractivity contribution in [2.75, 3.05) is 25.7 Å². The molecule has 1 fully saturated rings. The van der Waals surface area contributed by atoms with Crippen LogP contribution in [-0.2, 0) is 27.7 Å². The summed E-state index contributed by atoms with van der Waals surface area (Å²) in [5.41, 5.74) is 4.74. The van der Waals surface area contributed by atoms with Gasteiger partial charge in [-0.1, -0.05) is 12.1 Å². The molecule has 0 spiro atoms. The summed E-state index contributed by atoms with van der Waals surface area (Å²) in [5, 5.41) is 4.63. The minimum atomic E-state index is -2.94. The Bertz CT molecular complexity index is 964. The van der Waals surface area contributed by atoms with Gasteiger partial charge in [0.25, 0.3) is 0 Å². The molecule has 0 N–H and O–H groups in total. The molecule has 0 radical (unpaired) electrons. The number of methoxy groups -OCH3 is 1. The van der Waals surface area contributed by atoms with Crippen LogP contribution in [0.5, 0.6) is 0 Å². The maximum absolute atomic E-state index is 11.8. The molecule has 1 saturated heterocycles. The normalized spacial score (nSPS) is 18.5. The number of aryl methyl sites for hydroxylation is 1. The van der Waals surface area contributed by atoms with Crippen molar-refractivity contribution in [1.82, 2.24) is 14.7 Å². The highest BCUT2D eigenvalue weighted by Gasteiger charge is 2.31. The van der Waals surface area contributed by atoms with Gasteiger partial charge in [0.1, 0.15) is 0 Å². The first-order valence-corrected chi connectivity index (χ1v) is 11.1. The molecule has 0 bridgehead atoms. The molecule has 28 heavy (non-hydrogen) atoms. The lowest BCUT2D eigenvalue weighted by atomic mass is 10.1. The molecule has 0 saturated carbocycles. The quantitative estimate of drug-likeness (QED) is 0.686. The average molecular weight is 406 g/mol. The maximum atomic E-state index is 11.8. The van der Waals surface area contributed by atoms with E-state index in [2.05, 4.69) is 10.00 Å². The largest absolute Gasteiger partial charge is 0.465 e. The van der Waals surface area contributed by atoms with Crippen molar-refractivity contribution in [3.05, 3.63) is 52.3 Å². The molecule has 1 aliphatic rings. The zero-order valence-corrected chi connectivity index (χ0v) is 17.6. The van der Waals surface area contributed by atoms with Gasteiger partial charge in [-0.15, -0.1) is 0 Å². The summed E-state index contributed by atoms with van der Waals surface area (Å²) in [6.07, 6.45) is 0.631. The number of rotatable bonds is 6. The van der Waals surface area contributed by atoms with E-state index in [0.717, 1.165) is 35.6 Å². The summed E-state index contributed by atoms with van der Waals surface area (Å²) in [4.78, 5) is 13.7. The van der Waals surface area contributed by atoms with Gasteiger partial charge in [0.2, 0.25) is 0 Å². The first-order chi connectivity index (χ1) is 13.2. The molecule has 152 valence electrons. The predicted octanol–water partition coefficient (Wildman–Crippen LogP) is 2.28. The van der Waals surface area contributed by atoms with Gasteiger partial charge < -0.3 is 4.74 Å². The van der Waals surface area contributed by atoms with Gasteiger partial charge in [0.05, 0.1) is 35.9 Å². The van der Waals surface area contributed by atoms with E-state index in [9.17, 15) is 13.2 Å². The molecule has 2 aromatic rings. The average Bonchev–Trinajstić information content (AvgIpc) is 3.15. The van der Waals surface area contributed by atoms with E-state index in [1.807, 2.05) is 37.7 Å². The van der Waals surface area contributed by atoms with E-state index >= 15 is 0 Å². The van der Waals surface area contributed by atoms with Gasteiger partial charge in [-0.05, 0) is 45.0 Å². The van der Waals surface area contributed by atoms with Crippen LogP contribution < -0.4 is 0 Å². The molecule has 1 aliphatic heterocycles. The number of hydrogen-bond acceptors (Lipinski definition) is 6. The molecule has 0 amide bonds. The van der Waals surface area contributed by atoms with Crippen molar-refractivity contribution in [3.63, 3.8) is 0 Å². The van der Waals surface area contributed by atoms with Gasteiger partial charge in [0.15, 0.2) is 9.84 Å². The van der Waals surface area contributed by atoms with E-state index < -0.39 is 9.84 Å². The third kappa shape index (κ3) is 4.44. The number of sulfone groups is 1. The minimum Gasteiger partial charge on any atom is -0.465 e. The van der Waals surface area contributed by atoms with Gasteiger partial charge in [-0.25, -0.2) is 13.2 Å². The van der Waals surface area contributed by atoms with Crippen LogP contribution in [0.25, 0.3) is 0 Å². The minimum absolute atomic E-state index is 0.0615. The Labute approximate surface area is 166 Å². The number of nitrogens with zero attached hydrogens (tertiary/aromatic N) is 3. The van der Waals surface area contributed by atoms with E-state index in [4.69, 9.17) is 4.74 Å². The highest BCUT2D eigenvalue weighted by atomic mass is 32.2. The summed E-state index contributed by atoms with van der Waals surface area (Å²) in [5.74, 6) is 0.0800. The Balaban J connectivity index is 1.69. The zero-order valence-electron chi connectivity index (χ0n) is 16.8. The van der Waals surface area contributed by atoms with Crippen molar-refractivity contribution < 1.29 is 17.9 Å². The third-order valence-corrected chi connectivity index (χ3v) is 7.04. The Hall–Kier alpha value is -2.19. The van der Waals surface area contributed by atoms with Gasteiger partial charge in [-0.3, -0.25) is 9.58 Å². The number of esters is 1. The highest BCUT2D eigenvalue weighted by Crippen LogP contribution is 2.27. The highest BCUT2D eigenvalue weighted by molar-refractivity contribution is 7.91. The molecule has 0 unspecified atom stereocenters. The van der Waals surface area contributed by atoms with Gasteiger partial charge >= 0.3 is 5.97 Å². The van der Waals surface area contributed by atoms with E-state index in [0.29, 0.717) is 12.0 Å². The molecule has 3 rings (SSSR count). The SMILES string of the molecule is COC(=O)c1ccc(CN(C)Cc2c(C)nn([C@@H]3CCS(=O)(=O)C3)c2C)cc1. The second-order valence-electron chi connectivity index (χ2n) is 7.51. The summed E-state index contributed by atoms with van der Waals surface area (Å²) in [6.45, 7) is 5.43. The Morgan fingerprint density at radius 1 is 1.25 bits per heavy atom. The van der Waals surface area contributed by atoms with Crippen molar-refractivity contribution in [3.8, 4) is 0 Å². The number of benzene rings is 1. The van der Waals surface area contributed by atoms with E-state index in [-0.39, 0.29) is 23.5 Å². The van der Waals surface area contributed by atoms with Crippen LogP contribution in [0.2, 0.25) is 0 Å². The number of aromatic nitrogens is 2. The lowest BCUT2D eigenvalue weighted by Gasteiger charge is -2.18. The van der Waals surface area contributed by atoms with Crippen LogP contribution in [0.3, 0.4) is 0 Å². The van der Waals surface area contributed by atoms with Crippen LogP contribution in [0.4, 0.5) is 0 Å². The topological polar surface area (TPSA) is 81.5 Å².